The summed E-state index contributed by atoms with van der Waals surface area (Å²) in [5.41, 5.74) is 0. The Hall–Kier alpha value is -2.22. The topological polar surface area (TPSA) is 77.7 Å². The summed E-state index contributed by atoms with van der Waals surface area (Å²) < 4.78 is 16.3. The van der Waals surface area contributed by atoms with Gasteiger partial charge in [0.05, 0.1) is 12.9 Å². The van der Waals surface area contributed by atoms with Gasteiger partial charge in [0.15, 0.2) is 6.61 Å². The van der Waals surface area contributed by atoms with Gasteiger partial charge in [0.1, 0.15) is 11.5 Å². The molecule has 0 aliphatic carbocycles. The molecule has 0 N–H and O–H groups in total. The minimum Gasteiger partial charge on any atom is -0.497 e. The fraction of sp³-hybridized carbons (Fsp3) is 0.471. The van der Waals surface area contributed by atoms with E-state index in [1.165, 1.54) is 18.2 Å². The second kappa shape index (κ2) is 8.75. The molecule has 1 aromatic heterocycles. The number of methoxy groups -OCH3 is 1. The second-order valence-corrected chi connectivity index (χ2v) is 6.59. The minimum absolute atomic E-state index is 0.122. The van der Waals surface area contributed by atoms with Gasteiger partial charge in [-0.05, 0) is 31.4 Å². The quantitative estimate of drug-likeness (QED) is 0.700. The van der Waals surface area contributed by atoms with Crippen molar-refractivity contribution in [3.8, 4) is 11.5 Å². The molecule has 1 amide bonds. The predicted octanol–water partition coefficient (Wildman–Crippen LogP) is 2.76. The van der Waals surface area contributed by atoms with Gasteiger partial charge in [-0.15, -0.1) is 10.2 Å². The van der Waals surface area contributed by atoms with Crippen molar-refractivity contribution in [1.29, 1.82) is 0 Å². The molecule has 0 radical (unpaired) electrons. The van der Waals surface area contributed by atoms with Crippen molar-refractivity contribution in [2.75, 3.05) is 26.0 Å². The minimum atomic E-state index is 0.122. The van der Waals surface area contributed by atoms with Crippen LogP contribution in [0.3, 0.4) is 0 Å². The fourth-order valence-electron chi connectivity index (χ4n) is 2.55. The van der Waals surface area contributed by atoms with Gasteiger partial charge in [-0.25, -0.2) is 0 Å². The summed E-state index contributed by atoms with van der Waals surface area (Å²) in [5, 5.41) is 8.28. The zero-order valence-corrected chi connectivity index (χ0v) is 15.0. The molecular formula is C17H21N3O4S. The highest BCUT2D eigenvalue weighted by Gasteiger charge is 2.18. The van der Waals surface area contributed by atoms with Gasteiger partial charge < -0.3 is 18.8 Å². The van der Waals surface area contributed by atoms with E-state index in [0.717, 1.165) is 31.7 Å². The molecule has 0 unspecified atom stereocenters. The third kappa shape index (κ3) is 5.12. The molecule has 1 fully saturated rings. The fourth-order valence-corrected chi connectivity index (χ4v) is 3.23. The Bertz CT molecular complexity index is 701. The summed E-state index contributed by atoms with van der Waals surface area (Å²) >= 11 is 1.26. The lowest BCUT2D eigenvalue weighted by Crippen LogP contribution is -2.36. The number of carbonyl (C=O) groups excluding carboxylic acids is 1. The summed E-state index contributed by atoms with van der Waals surface area (Å²) in [6, 6.07) is 7.29. The van der Waals surface area contributed by atoms with E-state index in [1.807, 2.05) is 23.1 Å². The van der Waals surface area contributed by atoms with E-state index >= 15 is 0 Å². The van der Waals surface area contributed by atoms with Crippen LogP contribution in [0.15, 0.2) is 33.9 Å². The van der Waals surface area contributed by atoms with Gasteiger partial charge in [-0.3, -0.25) is 4.79 Å². The van der Waals surface area contributed by atoms with Crippen molar-refractivity contribution in [2.45, 2.75) is 31.1 Å². The Morgan fingerprint density at radius 2 is 2.04 bits per heavy atom. The number of piperidine rings is 1. The molecule has 8 heteroatoms. The largest absolute Gasteiger partial charge is 0.497 e. The SMILES string of the molecule is COc1cccc(OCc2nnc(SCC(=O)N3CCCCC3)o2)c1. The molecular weight excluding hydrogens is 342 g/mol. The van der Waals surface area contributed by atoms with Crippen LogP contribution >= 0.6 is 11.8 Å². The van der Waals surface area contributed by atoms with Gasteiger partial charge in [-0.2, -0.15) is 0 Å². The number of amides is 1. The lowest BCUT2D eigenvalue weighted by molar-refractivity contribution is -0.129. The van der Waals surface area contributed by atoms with Crippen LogP contribution in [-0.2, 0) is 11.4 Å². The smallest absolute Gasteiger partial charge is 0.277 e. The number of benzene rings is 1. The summed E-state index contributed by atoms with van der Waals surface area (Å²) in [6.07, 6.45) is 3.38. The van der Waals surface area contributed by atoms with Crippen molar-refractivity contribution in [3.63, 3.8) is 0 Å². The van der Waals surface area contributed by atoms with E-state index in [9.17, 15) is 4.79 Å². The molecule has 0 saturated carbocycles. The number of rotatable bonds is 7. The van der Waals surface area contributed by atoms with Gasteiger partial charge in [0.25, 0.3) is 11.1 Å². The Morgan fingerprint density at radius 3 is 2.84 bits per heavy atom. The Morgan fingerprint density at radius 1 is 1.24 bits per heavy atom. The molecule has 25 heavy (non-hydrogen) atoms. The van der Waals surface area contributed by atoms with Crippen molar-refractivity contribution in [1.82, 2.24) is 15.1 Å². The molecule has 7 nitrogen and oxygen atoms in total. The van der Waals surface area contributed by atoms with E-state index in [2.05, 4.69) is 10.2 Å². The third-order valence-corrected chi connectivity index (χ3v) is 4.68. The average molecular weight is 363 g/mol. The van der Waals surface area contributed by atoms with Crippen molar-refractivity contribution in [3.05, 3.63) is 30.2 Å². The molecule has 1 saturated heterocycles. The summed E-state index contributed by atoms with van der Waals surface area (Å²) in [6.45, 7) is 1.87. The maximum atomic E-state index is 12.1. The zero-order valence-electron chi connectivity index (χ0n) is 14.1. The lowest BCUT2D eigenvalue weighted by atomic mass is 10.1. The first kappa shape index (κ1) is 17.6. The molecule has 1 aliphatic rings. The molecule has 0 bridgehead atoms. The van der Waals surface area contributed by atoms with Gasteiger partial charge in [0, 0.05) is 19.2 Å². The second-order valence-electron chi connectivity index (χ2n) is 5.66. The Labute approximate surface area is 150 Å². The maximum absolute atomic E-state index is 12.1. The van der Waals surface area contributed by atoms with E-state index in [4.69, 9.17) is 13.9 Å². The molecule has 1 aliphatic heterocycles. The van der Waals surface area contributed by atoms with E-state index in [0.29, 0.717) is 22.6 Å². The van der Waals surface area contributed by atoms with Crippen LogP contribution in [0.2, 0.25) is 0 Å². The highest BCUT2D eigenvalue weighted by molar-refractivity contribution is 7.99. The molecule has 3 rings (SSSR count). The normalized spacial score (nSPS) is 14.4. The molecule has 2 aromatic rings. The van der Waals surface area contributed by atoms with Crippen LogP contribution in [0.1, 0.15) is 25.2 Å². The first-order valence-corrected chi connectivity index (χ1v) is 9.23. The number of hydrogen-bond acceptors (Lipinski definition) is 7. The van der Waals surface area contributed by atoms with E-state index in [1.54, 1.807) is 13.2 Å². The van der Waals surface area contributed by atoms with Crippen LogP contribution in [-0.4, -0.2) is 47.0 Å². The summed E-state index contributed by atoms with van der Waals surface area (Å²) in [7, 11) is 1.60. The molecule has 1 aromatic carbocycles. The standard InChI is InChI=1S/C17H21N3O4S/c1-22-13-6-5-7-14(10-13)23-11-15-18-19-17(24-15)25-12-16(21)20-8-3-2-4-9-20/h5-7,10H,2-4,8-9,11-12H2,1H3. The van der Waals surface area contributed by atoms with E-state index in [-0.39, 0.29) is 12.5 Å². The summed E-state index contributed by atoms with van der Waals surface area (Å²) in [4.78, 5) is 14.0. The maximum Gasteiger partial charge on any atom is 0.277 e. The van der Waals surface area contributed by atoms with Crippen molar-refractivity contribution < 1.29 is 18.7 Å². The molecule has 0 atom stereocenters. The molecule has 134 valence electrons. The number of nitrogens with zero attached hydrogens (tertiary/aromatic N) is 3. The zero-order chi connectivity index (χ0) is 17.5. The Kier molecular flexibility index (Phi) is 6.16. The lowest BCUT2D eigenvalue weighted by Gasteiger charge is -2.26. The monoisotopic (exact) mass is 363 g/mol. The molecule has 2 heterocycles. The summed E-state index contributed by atoms with van der Waals surface area (Å²) in [5.74, 6) is 2.19. The van der Waals surface area contributed by atoms with Gasteiger partial charge in [0.2, 0.25) is 5.91 Å². The number of thioether (sulfide) groups is 1. The third-order valence-electron chi connectivity index (χ3n) is 3.88. The number of hydrogen-bond donors (Lipinski definition) is 0. The van der Waals surface area contributed by atoms with Crippen LogP contribution in [0, 0.1) is 0 Å². The van der Waals surface area contributed by atoms with Crippen molar-refractivity contribution in [2.24, 2.45) is 0 Å². The number of carbonyl (C=O) groups is 1. The number of aromatic nitrogens is 2. The molecule has 0 spiro atoms. The first-order valence-electron chi connectivity index (χ1n) is 8.24. The Balaban J connectivity index is 1.46. The van der Waals surface area contributed by atoms with Crippen LogP contribution in [0.5, 0.6) is 11.5 Å². The highest BCUT2D eigenvalue weighted by Crippen LogP contribution is 2.21. The van der Waals surface area contributed by atoms with Crippen LogP contribution in [0.25, 0.3) is 0 Å². The van der Waals surface area contributed by atoms with Gasteiger partial charge in [-0.1, -0.05) is 17.8 Å². The predicted molar refractivity (Wildman–Crippen MR) is 92.8 cm³/mol. The number of ether oxygens (including phenoxy) is 2. The van der Waals surface area contributed by atoms with E-state index < -0.39 is 0 Å². The number of likely N-dealkylation sites (tertiary alicyclic amines) is 1. The van der Waals surface area contributed by atoms with Crippen LogP contribution < -0.4 is 9.47 Å². The average Bonchev–Trinajstić information content (AvgIpc) is 3.13. The van der Waals surface area contributed by atoms with Crippen LogP contribution in [0.4, 0.5) is 0 Å². The van der Waals surface area contributed by atoms with Crippen molar-refractivity contribution >= 4 is 17.7 Å². The highest BCUT2D eigenvalue weighted by atomic mass is 32.2. The first-order chi connectivity index (χ1) is 12.2. The van der Waals surface area contributed by atoms with Gasteiger partial charge >= 0.3 is 0 Å².